The van der Waals surface area contributed by atoms with Crippen molar-refractivity contribution >= 4 is 5.97 Å². The third-order valence-electron chi connectivity index (χ3n) is 3.38. The topological polar surface area (TPSA) is 61.6 Å². The molecule has 4 heteroatoms. The van der Waals surface area contributed by atoms with Crippen molar-refractivity contribution in [2.45, 2.75) is 37.6 Å². The van der Waals surface area contributed by atoms with Crippen molar-refractivity contribution in [3.63, 3.8) is 0 Å². The summed E-state index contributed by atoms with van der Waals surface area (Å²) in [6, 6.07) is 0. The first-order chi connectivity index (χ1) is 7.21. The molecule has 15 heavy (non-hydrogen) atoms. The van der Waals surface area contributed by atoms with Crippen LogP contribution in [0.5, 0.6) is 0 Å². The Hall–Kier alpha value is -0.610. The smallest absolute Gasteiger partial charge is 0.328 e. The number of carbonyl (C=O) groups excluding carboxylic acids is 1. The van der Waals surface area contributed by atoms with Crippen molar-refractivity contribution < 1.29 is 14.3 Å². The Bertz CT molecular complexity index is 230. The second-order valence-electron chi connectivity index (χ2n) is 4.71. The van der Waals surface area contributed by atoms with Crippen LogP contribution in [-0.2, 0) is 14.3 Å². The quantitative estimate of drug-likeness (QED) is 0.706. The van der Waals surface area contributed by atoms with Crippen molar-refractivity contribution in [2.75, 3.05) is 19.8 Å². The minimum Gasteiger partial charge on any atom is -0.464 e. The lowest BCUT2D eigenvalue weighted by Gasteiger charge is -2.20. The molecular weight excluding hydrogens is 194 g/mol. The lowest BCUT2D eigenvalue weighted by atomic mass is 10.0. The van der Waals surface area contributed by atoms with E-state index in [1.54, 1.807) is 0 Å². The van der Waals surface area contributed by atoms with Crippen LogP contribution in [0.2, 0.25) is 0 Å². The van der Waals surface area contributed by atoms with Crippen molar-refractivity contribution in [3.8, 4) is 0 Å². The second kappa shape index (κ2) is 4.49. The van der Waals surface area contributed by atoms with Gasteiger partial charge in [0.05, 0.1) is 13.2 Å². The van der Waals surface area contributed by atoms with Crippen LogP contribution in [0.4, 0.5) is 0 Å². The van der Waals surface area contributed by atoms with E-state index in [4.69, 9.17) is 15.2 Å². The van der Waals surface area contributed by atoms with Gasteiger partial charge in [-0.25, -0.2) is 4.79 Å². The fourth-order valence-corrected chi connectivity index (χ4v) is 2.26. The van der Waals surface area contributed by atoms with Gasteiger partial charge in [0, 0.05) is 13.0 Å². The van der Waals surface area contributed by atoms with E-state index in [2.05, 4.69) is 0 Å². The highest BCUT2D eigenvalue weighted by Crippen LogP contribution is 2.25. The van der Waals surface area contributed by atoms with Gasteiger partial charge in [-0.15, -0.1) is 0 Å². The Kier molecular flexibility index (Phi) is 3.26. The standard InChI is InChI=1S/C11H19NO3/c12-11(5-6-14-8-11)10(13)15-7-9-3-1-2-4-9/h9H,1-8,12H2. The van der Waals surface area contributed by atoms with Gasteiger partial charge in [-0.2, -0.15) is 0 Å². The van der Waals surface area contributed by atoms with Crippen LogP contribution in [0.25, 0.3) is 0 Å². The zero-order valence-electron chi connectivity index (χ0n) is 9.04. The van der Waals surface area contributed by atoms with E-state index in [1.165, 1.54) is 25.7 Å². The summed E-state index contributed by atoms with van der Waals surface area (Å²) < 4.78 is 10.4. The van der Waals surface area contributed by atoms with Crippen LogP contribution in [0, 0.1) is 5.92 Å². The molecule has 1 aliphatic heterocycles. The predicted molar refractivity (Wildman–Crippen MR) is 55.3 cm³/mol. The van der Waals surface area contributed by atoms with Crippen molar-refractivity contribution in [1.29, 1.82) is 0 Å². The number of nitrogens with two attached hydrogens (primary N) is 1. The summed E-state index contributed by atoms with van der Waals surface area (Å²) >= 11 is 0. The molecule has 1 saturated carbocycles. The Morgan fingerprint density at radius 3 is 2.80 bits per heavy atom. The molecule has 0 spiro atoms. The summed E-state index contributed by atoms with van der Waals surface area (Å²) in [5.41, 5.74) is 5.01. The van der Waals surface area contributed by atoms with E-state index in [0.29, 0.717) is 32.2 Å². The molecule has 1 atom stereocenters. The second-order valence-corrected chi connectivity index (χ2v) is 4.71. The van der Waals surface area contributed by atoms with Gasteiger partial charge < -0.3 is 15.2 Å². The summed E-state index contributed by atoms with van der Waals surface area (Å²) in [6.07, 6.45) is 5.47. The number of hydrogen-bond acceptors (Lipinski definition) is 4. The average Bonchev–Trinajstić information content (AvgIpc) is 2.85. The number of hydrogen-bond donors (Lipinski definition) is 1. The minimum absolute atomic E-state index is 0.285. The van der Waals surface area contributed by atoms with E-state index in [1.807, 2.05) is 0 Å². The molecule has 2 aliphatic rings. The third kappa shape index (κ3) is 2.49. The molecule has 86 valence electrons. The molecule has 0 aromatic rings. The molecule has 1 unspecified atom stereocenters. The van der Waals surface area contributed by atoms with E-state index in [0.717, 1.165) is 0 Å². The molecule has 0 amide bonds. The fourth-order valence-electron chi connectivity index (χ4n) is 2.26. The molecule has 0 bridgehead atoms. The molecule has 2 rings (SSSR count). The van der Waals surface area contributed by atoms with Gasteiger partial charge >= 0.3 is 5.97 Å². The Labute approximate surface area is 90.1 Å². The van der Waals surface area contributed by atoms with Crippen molar-refractivity contribution in [2.24, 2.45) is 11.7 Å². The fraction of sp³-hybridized carbons (Fsp3) is 0.909. The first-order valence-corrected chi connectivity index (χ1v) is 5.74. The van der Waals surface area contributed by atoms with Crippen LogP contribution in [0.15, 0.2) is 0 Å². The van der Waals surface area contributed by atoms with Gasteiger partial charge in [0.25, 0.3) is 0 Å². The Morgan fingerprint density at radius 1 is 1.47 bits per heavy atom. The van der Waals surface area contributed by atoms with Crippen LogP contribution >= 0.6 is 0 Å². The molecule has 2 fully saturated rings. The summed E-state index contributed by atoms with van der Waals surface area (Å²) in [6.45, 7) is 1.41. The number of rotatable bonds is 3. The highest BCUT2D eigenvalue weighted by molar-refractivity contribution is 5.81. The molecule has 0 aromatic heterocycles. The van der Waals surface area contributed by atoms with Gasteiger partial charge in [-0.05, 0) is 18.8 Å². The maximum atomic E-state index is 11.7. The van der Waals surface area contributed by atoms with E-state index in [-0.39, 0.29) is 5.97 Å². The summed E-state index contributed by atoms with van der Waals surface area (Å²) in [5.74, 6) is 0.270. The summed E-state index contributed by atoms with van der Waals surface area (Å²) in [5, 5.41) is 0. The maximum absolute atomic E-state index is 11.7. The zero-order chi connectivity index (χ0) is 10.7. The van der Waals surface area contributed by atoms with Gasteiger partial charge in [-0.3, -0.25) is 0 Å². The van der Waals surface area contributed by atoms with Crippen LogP contribution in [0.3, 0.4) is 0 Å². The maximum Gasteiger partial charge on any atom is 0.328 e. The molecule has 2 N–H and O–H groups in total. The molecule has 1 heterocycles. The van der Waals surface area contributed by atoms with E-state index >= 15 is 0 Å². The van der Waals surface area contributed by atoms with E-state index in [9.17, 15) is 4.79 Å². The SMILES string of the molecule is NC1(C(=O)OCC2CCCC2)CCOC1. The highest BCUT2D eigenvalue weighted by atomic mass is 16.5. The number of carbonyl (C=O) groups is 1. The molecular formula is C11H19NO3. The molecule has 0 aromatic carbocycles. The molecule has 1 saturated heterocycles. The summed E-state index contributed by atoms with van der Waals surface area (Å²) in [7, 11) is 0. The van der Waals surface area contributed by atoms with Gasteiger partial charge in [0.2, 0.25) is 0 Å². The van der Waals surface area contributed by atoms with Crippen LogP contribution < -0.4 is 5.73 Å². The first kappa shape index (κ1) is 10.9. The monoisotopic (exact) mass is 213 g/mol. The lowest BCUT2D eigenvalue weighted by molar-refractivity contribution is -0.151. The highest BCUT2D eigenvalue weighted by Gasteiger charge is 2.40. The molecule has 0 radical (unpaired) electrons. The number of ether oxygens (including phenoxy) is 2. The minimum atomic E-state index is -0.876. The first-order valence-electron chi connectivity index (χ1n) is 5.74. The number of esters is 1. The predicted octanol–water partition coefficient (Wildman–Crippen LogP) is 0.838. The molecule has 4 nitrogen and oxygen atoms in total. The largest absolute Gasteiger partial charge is 0.464 e. The Morgan fingerprint density at radius 2 is 2.20 bits per heavy atom. The molecule has 1 aliphatic carbocycles. The van der Waals surface area contributed by atoms with Crippen molar-refractivity contribution in [3.05, 3.63) is 0 Å². The lowest BCUT2D eigenvalue weighted by Crippen LogP contribution is -2.49. The van der Waals surface area contributed by atoms with Gasteiger partial charge in [0.15, 0.2) is 0 Å². The average molecular weight is 213 g/mol. The van der Waals surface area contributed by atoms with Crippen molar-refractivity contribution in [1.82, 2.24) is 0 Å². The van der Waals surface area contributed by atoms with Crippen LogP contribution in [-0.4, -0.2) is 31.3 Å². The van der Waals surface area contributed by atoms with Crippen LogP contribution in [0.1, 0.15) is 32.1 Å². The van der Waals surface area contributed by atoms with Gasteiger partial charge in [-0.1, -0.05) is 12.8 Å². The normalized spacial score (nSPS) is 32.1. The summed E-state index contributed by atoms with van der Waals surface area (Å²) in [4.78, 5) is 11.7. The third-order valence-corrected chi connectivity index (χ3v) is 3.38. The zero-order valence-corrected chi connectivity index (χ0v) is 9.04. The van der Waals surface area contributed by atoms with E-state index < -0.39 is 5.54 Å². The Balaban J connectivity index is 1.76. The van der Waals surface area contributed by atoms with Gasteiger partial charge in [0.1, 0.15) is 5.54 Å².